The van der Waals surface area contributed by atoms with E-state index in [0.29, 0.717) is 23.6 Å². The van der Waals surface area contributed by atoms with Crippen LogP contribution in [0.4, 0.5) is 5.69 Å². The first-order valence-electron chi connectivity index (χ1n) is 7.57. The van der Waals surface area contributed by atoms with E-state index in [0.717, 1.165) is 32.1 Å². The average molecular weight is 286 g/mol. The fraction of sp³-hybridized carbons (Fsp3) is 0.529. The Morgan fingerprint density at radius 2 is 2.14 bits per heavy atom. The first kappa shape index (κ1) is 15.4. The third kappa shape index (κ3) is 3.55. The van der Waals surface area contributed by atoms with Crippen LogP contribution in [0.5, 0.6) is 5.75 Å². The van der Waals surface area contributed by atoms with E-state index >= 15 is 0 Å². The minimum Gasteiger partial charge on any atom is -0.494 e. The number of amides is 1. The van der Waals surface area contributed by atoms with Crippen molar-refractivity contribution in [3.8, 4) is 11.8 Å². The minimum absolute atomic E-state index is 0.0127. The molecule has 21 heavy (non-hydrogen) atoms. The molecule has 0 bridgehead atoms. The van der Waals surface area contributed by atoms with Crippen LogP contribution in [0.25, 0.3) is 0 Å². The van der Waals surface area contributed by atoms with Crippen molar-refractivity contribution in [1.29, 1.82) is 5.26 Å². The van der Waals surface area contributed by atoms with Crippen LogP contribution in [0.15, 0.2) is 18.2 Å². The number of hydrogen-bond donors (Lipinski definition) is 1. The predicted octanol–water partition coefficient (Wildman–Crippen LogP) is 3.87. The van der Waals surface area contributed by atoms with Gasteiger partial charge < -0.3 is 10.1 Å². The molecule has 4 heteroatoms. The molecule has 0 heterocycles. The Balaban J connectivity index is 2.12. The number of anilines is 1. The molecule has 0 unspecified atom stereocenters. The highest BCUT2D eigenvalue weighted by atomic mass is 16.5. The summed E-state index contributed by atoms with van der Waals surface area (Å²) in [6.07, 6.45) is 4.94. The van der Waals surface area contributed by atoms with E-state index in [9.17, 15) is 10.1 Å². The van der Waals surface area contributed by atoms with E-state index in [4.69, 9.17) is 4.74 Å². The lowest BCUT2D eigenvalue weighted by atomic mass is 9.87. The molecule has 1 amide bonds. The largest absolute Gasteiger partial charge is 0.494 e. The number of carbonyl (C=O) groups excluding carboxylic acids is 1. The van der Waals surface area contributed by atoms with Gasteiger partial charge in [-0.25, -0.2) is 0 Å². The van der Waals surface area contributed by atoms with Gasteiger partial charge in [0.2, 0.25) is 5.91 Å². The molecule has 0 aliphatic heterocycles. The van der Waals surface area contributed by atoms with Crippen molar-refractivity contribution < 1.29 is 9.53 Å². The number of nitrogens with zero attached hydrogens (tertiary/aromatic N) is 1. The second-order valence-electron chi connectivity index (χ2n) is 5.89. The molecule has 0 atom stereocenters. The van der Waals surface area contributed by atoms with Gasteiger partial charge in [-0.3, -0.25) is 4.79 Å². The molecule has 4 nitrogen and oxygen atoms in total. The maximum atomic E-state index is 12.4. The van der Waals surface area contributed by atoms with Crippen LogP contribution in [0.1, 0.15) is 51.5 Å². The zero-order valence-electron chi connectivity index (χ0n) is 12.7. The summed E-state index contributed by atoms with van der Waals surface area (Å²) in [4.78, 5) is 12.4. The van der Waals surface area contributed by atoms with Crippen molar-refractivity contribution in [2.45, 2.75) is 46.0 Å². The molecular formula is C17H22N2O2. The Morgan fingerprint density at radius 1 is 1.43 bits per heavy atom. The van der Waals surface area contributed by atoms with Gasteiger partial charge in [0.25, 0.3) is 0 Å². The van der Waals surface area contributed by atoms with E-state index in [1.165, 1.54) is 0 Å². The molecule has 1 aromatic rings. The summed E-state index contributed by atoms with van der Waals surface area (Å²) >= 11 is 0. The highest BCUT2D eigenvalue weighted by molar-refractivity contribution is 5.96. The molecule has 1 aromatic carbocycles. The zero-order chi connectivity index (χ0) is 15.3. The van der Waals surface area contributed by atoms with Gasteiger partial charge in [-0.1, -0.05) is 26.7 Å². The standard InChI is InChI=1S/C17H22N2O2/c1-3-10-21-14-6-7-15(13(11-14)12-18)19-16(20)17(2)8-4-5-9-17/h6-7,11H,3-5,8-10H2,1-2H3,(H,19,20). The SMILES string of the molecule is CCCOc1ccc(NC(=O)C2(C)CCCC2)c(C#N)c1. The topological polar surface area (TPSA) is 62.1 Å². The molecule has 112 valence electrons. The van der Waals surface area contributed by atoms with E-state index in [-0.39, 0.29) is 11.3 Å². The predicted molar refractivity (Wildman–Crippen MR) is 82.1 cm³/mol. The van der Waals surface area contributed by atoms with E-state index in [1.807, 2.05) is 13.8 Å². The summed E-state index contributed by atoms with van der Waals surface area (Å²) in [5.74, 6) is 0.678. The summed E-state index contributed by atoms with van der Waals surface area (Å²) in [7, 11) is 0. The van der Waals surface area contributed by atoms with Gasteiger partial charge in [-0.2, -0.15) is 5.26 Å². The fourth-order valence-electron chi connectivity index (χ4n) is 2.69. The Labute approximate surface area is 126 Å². The lowest BCUT2D eigenvalue weighted by molar-refractivity contribution is -0.124. The maximum absolute atomic E-state index is 12.4. The molecule has 1 aliphatic rings. The van der Waals surface area contributed by atoms with Crippen LogP contribution in [0.3, 0.4) is 0 Å². The molecule has 0 aromatic heterocycles. The van der Waals surface area contributed by atoms with E-state index in [2.05, 4.69) is 11.4 Å². The van der Waals surface area contributed by atoms with Crippen molar-refractivity contribution >= 4 is 11.6 Å². The highest BCUT2D eigenvalue weighted by Crippen LogP contribution is 2.38. The Kier molecular flexibility index (Phi) is 4.85. The average Bonchev–Trinajstić information content (AvgIpc) is 2.94. The van der Waals surface area contributed by atoms with Crippen LogP contribution >= 0.6 is 0 Å². The highest BCUT2D eigenvalue weighted by Gasteiger charge is 2.36. The normalized spacial score (nSPS) is 16.2. The van der Waals surface area contributed by atoms with Crippen molar-refractivity contribution in [3.05, 3.63) is 23.8 Å². The van der Waals surface area contributed by atoms with E-state index < -0.39 is 0 Å². The van der Waals surface area contributed by atoms with Crippen molar-refractivity contribution in [2.24, 2.45) is 5.41 Å². The smallest absolute Gasteiger partial charge is 0.230 e. The van der Waals surface area contributed by atoms with Crippen molar-refractivity contribution in [2.75, 3.05) is 11.9 Å². The van der Waals surface area contributed by atoms with Crippen LogP contribution in [-0.2, 0) is 4.79 Å². The molecule has 1 aliphatic carbocycles. The van der Waals surface area contributed by atoms with Crippen LogP contribution in [0, 0.1) is 16.7 Å². The molecule has 0 radical (unpaired) electrons. The van der Waals surface area contributed by atoms with Crippen LogP contribution in [0.2, 0.25) is 0 Å². The van der Waals surface area contributed by atoms with Crippen molar-refractivity contribution in [1.82, 2.24) is 0 Å². The summed E-state index contributed by atoms with van der Waals surface area (Å²) in [5, 5.41) is 12.2. The number of ether oxygens (including phenoxy) is 1. The monoisotopic (exact) mass is 286 g/mol. The third-order valence-electron chi connectivity index (χ3n) is 4.09. The molecule has 0 saturated heterocycles. The number of benzene rings is 1. The first-order valence-corrected chi connectivity index (χ1v) is 7.57. The van der Waals surface area contributed by atoms with Gasteiger partial charge in [0.1, 0.15) is 11.8 Å². The molecule has 2 rings (SSSR count). The quantitative estimate of drug-likeness (QED) is 0.893. The van der Waals surface area contributed by atoms with E-state index in [1.54, 1.807) is 18.2 Å². The number of hydrogen-bond acceptors (Lipinski definition) is 3. The van der Waals surface area contributed by atoms with Gasteiger partial charge in [0.05, 0.1) is 17.9 Å². The second kappa shape index (κ2) is 6.62. The molecule has 1 saturated carbocycles. The fourth-order valence-corrected chi connectivity index (χ4v) is 2.69. The van der Waals surface area contributed by atoms with Gasteiger partial charge in [0, 0.05) is 5.41 Å². The van der Waals surface area contributed by atoms with Gasteiger partial charge >= 0.3 is 0 Å². The number of carbonyl (C=O) groups is 1. The number of nitrogens with one attached hydrogen (secondary N) is 1. The summed E-state index contributed by atoms with van der Waals surface area (Å²) in [6, 6.07) is 7.35. The lowest BCUT2D eigenvalue weighted by Gasteiger charge is -2.22. The summed E-state index contributed by atoms with van der Waals surface area (Å²) < 4.78 is 5.51. The Hall–Kier alpha value is -2.02. The third-order valence-corrected chi connectivity index (χ3v) is 4.09. The number of nitriles is 1. The van der Waals surface area contributed by atoms with Gasteiger partial charge in [-0.15, -0.1) is 0 Å². The molecule has 1 N–H and O–H groups in total. The van der Waals surface area contributed by atoms with Crippen molar-refractivity contribution in [3.63, 3.8) is 0 Å². The zero-order valence-corrected chi connectivity index (χ0v) is 12.7. The summed E-state index contributed by atoms with van der Waals surface area (Å²) in [6.45, 7) is 4.65. The summed E-state index contributed by atoms with van der Waals surface area (Å²) in [5.41, 5.74) is 0.711. The van der Waals surface area contributed by atoms with Crippen LogP contribution in [-0.4, -0.2) is 12.5 Å². The Morgan fingerprint density at radius 3 is 2.76 bits per heavy atom. The number of rotatable bonds is 5. The minimum atomic E-state index is -0.301. The second-order valence-corrected chi connectivity index (χ2v) is 5.89. The molecule has 1 fully saturated rings. The first-order chi connectivity index (χ1) is 10.1. The van der Waals surface area contributed by atoms with Crippen LogP contribution < -0.4 is 10.1 Å². The molecule has 0 spiro atoms. The van der Waals surface area contributed by atoms with Gasteiger partial charge in [0.15, 0.2) is 0 Å². The maximum Gasteiger partial charge on any atom is 0.230 e. The molecular weight excluding hydrogens is 264 g/mol. The lowest BCUT2D eigenvalue weighted by Crippen LogP contribution is -2.31. The van der Waals surface area contributed by atoms with Gasteiger partial charge in [-0.05, 0) is 37.5 Å². The Bertz CT molecular complexity index is 554.